The smallest absolute Gasteiger partial charge is 0.264 e. The lowest BCUT2D eigenvalue weighted by Gasteiger charge is -2.41. The van der Waals surface area contributed by atoms with E-state index in [2.05, 4.69) is 5.32 Å². The molecule has 8 heteroatoms. The summed E-state index contributed by atoms with van der Waals surface area (Å²) >= 11 is 0. The third-order valence-corrected chi connectivity index (χ3v) is 6.47. The number of methoxy groups -OCH3 is 2. The molecule has 2 amide bonds. The van der Waals surface area contributed by atoms with E-state index in [0.717, 1.165) is 19.3 Å². The van der Waals surface area contributed by atoms with Gasteiger partial charge in [-0.3, -0.25) is 14.5 Å². The largest absolute Gasteiger partial charge is 0.496 e. The lowest BCUT2D eigenvalue weighted by atomic mass is 9.89. The molecule has 1 atom stereocenters. The molecule has 33 heavy (non-hydrogen) atoms. The van der Waals surface area contributed by atoms with Gasteiger partial charge in [0.1, 0.15) is 34.6 Å². The van der Waals surface area contributed by atoms with E-state index in [-0.39, 0.29) is 30.5 Å². The monoisotopic (exact) mass is 456 g/mol. The van der Waals surface area contributed by atoms with Gasteiger partial charge in [0.25, 0.3) is 5.91 Å². The number of nitrogens with zero attached hydrogens (tertiary/aromatic N) is 1. The molecule has 2 aliphatic rings. The zero-order valence-electron chi connectivity index (χ0n) is 18.9. The molecule has 1 aliphatic carbocycles. The van der Waals surface area contributed by atoms with Crippen molar-refractivity contribution in [2.24, 2.45) is 0 Å². The van der Waals surface area contributed by atoms with Gasteiger partial charge in [0.05, 0.1) is 20.8 Å². The van der Waals surface area contributed by atoms with Crippen LogP contribution < -0.4 is 14.8 Å². The molecule has 4 rings (SSSR count). The van der Waals surface area contributed by atoms with Crippen LogP contribution in [0.15, 0.2) is 42.5 Å². The minimum Gasteiger partial charge on any atom is -0.496 e. The molecular formula is C25H29FN2O5. The Bertz CT molecular complexity index is 999. The first kappa shape index (κ1) is 23.0. The molecule has 1 saturated carbocycles. The van der Waals surface area contributed by atoms with E-state index < -0.39 is 17.6 Å². The second-order valence-corrected chi connectivity index (χ2v) is 8.36. The first-order chi connectivity index (χ1) is 16.0. The van der Waals surface area contributed by atoms with Crippen LogP contribution in [0.3, 0.4) is 0 Å². The summed E-state index contributed by atoms with van der Waals surface area (Å²) in [7, 11) is 2.97. The summed E-state index contributed by atoms with van der Waals surface area (Å²) in [5, 5.41) is 2.78. The van der Waals surface area contributed by atoms with Crippen LogP contribution >= 0.6 is 0 Å². The summed E-state index contributed by atoms with van der Waals surface area (Å²) in [6.45, 7) is 0.0985. The molecule has 1 spiro atoms. The maximum absolute atomic E-state index is 14.0. The summed E-state index contributed by atoms with van der Waals surface area (Å²) in [5.41, 5.74) is -0.229. The van der Waals surface area contributed by atoms with Crippen molar-refractivity contribution in [1.29, 1.82) is 0 Å². The zero-order valence-corrected chi connectivity index (χ0v) is 18.9. The van der Waals surface area contributed by atoms with Crippen LogP contribution in [0.2, 0.25) is 0 Å². The average Bonchev–Trinajstić information content (AvgIpc) is 3.20. The van der Waals surface area contributed by atoms with Crippen LogP contribution in [0.5, 0.6) is 11.5 Å². The van der Waals surface area contributed by atoms with Crippen molar-refractivity contribution in [3.63, 3.8) is 0 Å². The van der Waals surface area contributed by atoms with E-state index in [1.165, 1.54) is 20.3 Å². The molecular weight excluding hydrogens is 427 g/mol. The third-order valence-electron chi connectivity index (χ3n) is 6.47. The van der Waals surface area contributed by atoms with Crippen molar-refractivity contribution in [2.45, 2.75) is 50.4 Å². The number of nitrogens with one attached hydrogen (secondary N) is 1. The Balaban J connectivity index is 1.66. The standard InChI is InChI=1S/C25H29FN2O5/c1-31-20-11-8-12-21(32-2)22(20)24(30)28-19(16-33-25(28)13-6-3-7-14-25)23(29)27-15-17-9-4-5-10-18(17)26/h4-5,8-12,19H,3,6-7,13-16H2,1-2H3,(H,27,29)/t19-/m1/s1. The van der Waals surface area contributed by atoms with Gasteiger partial charge in [0.2, 0.25) is 5.91 Å². The molecule has 0 radical (unpaired) electrons. The number of benzene rings is 2. The number of rotatable bonds is 6. The third kappa shape index (κ3) is 4.39. The molecule has 0 bridgehead atoms. The highest BCUT2D eigenvalue weighted by Crippen LogP contribution is 2.43. The lowest BCUT2D eigenvalue weighted by Crippen LogP contribution is -2.56. The molecule has 2 aromatic rings. The van der Waals surface area contributed by atoms with E-state index in [1.54, 1.807) is 41.3 Å². The Morgan fingerprint density at radius 1 is 1.06 bits per heavy atom. The summed E-state index contributed by atoms with van der Waals surface area (Å²) in [4.78, 5) is 28.8. The van der Waals surface area contributed by atoms with E-state index >= 15 is 0 Å². The molecule has 1 heterocycles. The summed E-state index contributed by atoms with van der Waals surface area (Å²) in [6, 6.07) is 10.5. The number of carbonyl (C=O) groups is 2. The van der Waals surface area contributed by atoms with Crippen LogP contribution in [-0.2, 0) is 16.1 Å². The summed E-state index contributed by atoms with van der Waals surface area (Å²) < 4.78 is 31.1. The minimum atomic E-state index is -0.860. The van der Waals surface area contributed by atoms with Crippen LogP contribution in [0.25, 0.3) is 0 Å². The minimum absolute atomic E-state index is 0.0228. The predicted octanol–water partition coefficient (Wildman–Crippen LogP) is 3.66. The van der Waals surface area contributed by atoms with Crippen molar-refractivity contribution >= 4 is 11.8 Å². The normalized spacial score (nSPS) is 19.4. The van der Waals surface area contributed by atoms with Gasteiger partial charge >= 0.3 is 0 Å². The summed E-state index contributed by atoms with van der Waals surface area (Å²) in [6.07, 6.45) is 4.14. The van der Waals surface area contributed by atoms with Crippen LogP contribution in [0.1, 0.15) is 48.0 Å². The number of hydrogen-bond acceptors (Lipinski definition) is 5. The number of ether oxygens (including phenoxy) is 3. The topological polar surface area (TPSA) is 77.1 Å². The Kier molecular flexibility index (Phi) is 6.83. The van der Waals surface area contributed by atoms with Gasteiger partial charge < -0.3 is 19.5 Å². The molecule has 7 nitrogen and oxygen atoms in total. The highest BCUT2D eigenvalue weighted by atomic mass is 19.1. The van der Waals surface area contributed by atoms with Crippen molar-refractivity contribution < 1.29 is 28.2 Å². The fourth-order valence-corrected chi connectivity index (χ4v) is 4.80. The Hall–Kier alpha value is -3.13. The second-order valence-electron chi connectivity index (χ2n) is 8.36. The van der Waals surface area contributed by atoms with Gasteiger partial charge in [-0.25, -0.2) is 4.39 Å². The van der Waals surface area contributed by atoms with E-state index in [0.29, 0.717) is 29.9 Å². The van der Waals surface area contributed by atoms with Gasteiger partial charge in [0, 0.05) is 12.1 Å². The Morgan fingerprint density at radius 3 is 2.36 bits per heavy atom. The van der Waals surface area contributed by atoms with Crippen molar-refractivity contribution in [1.82, 2.24) is 10.2 Å². The van der Waals surface area contributed by atoms with Crippen molar-refractivity contribution in [3.8, 4) is 11.5 Å². The highest BCUT2D eigenvalue weighted by Gasteiger charge is 2.53. The molecule has 0 unspecified atom stereocenters. The molecule has 2 fully saturated rings. The highest BCUT2D eigenvalue weighted by molar-refractivity contribution is 6.02. The fraction of sp³-hybridized carbons (Fsp3) is 0.440. The van der Waals surface area contributed by atoms with Crippen LogP contribution in [-0.4, -0.2) is 49.3 Å². The van der Waals surface area contributed by atoms with E-state index in [9.17, 15) is 14.0 Å². The van der Waals surface area contributed by atoms with Gasteiger partial charge in [-0.15, -0.1) is 0 Å². The molecule has 2 aromatic carbocycles. The van der Waals surface area contributed by atoms with Crippen LogP contribution in [0.4, 0.5) is 4.39 Å². The summed E-state index contributed by atoms with van der Waals surface area (Å²) in [5.74, 6) is -0.431. The average molecular weight is 457 g/mol. The first-order valence-corrected chi connectivity index (χ1v) is 11.2. The maximum Gasteiger partial charge on any atom is 0.264 e. The lowest BCUT2D eigenvalue weighted by molar-refractivity contribution is -0.127. The van der Waals surface area contributed by atoms with Gasteiger partial charge in [-0.2, -0.15) is 0 Å². The fourth-order valence-electron chi connectivity index (χ4n) is 4.80. The van der Waals surface area contributed by atoms with Crippen molar-refractivity contribution in [3.05, 3.63) is 59.4 Å². The number of amides is 2. The number of carbonyl (C=O) groups excluding carboxylic acids is 2. The van der Waals surface area contributed by atoms with Gasteiger partial charge in [-0.1, -0.05) is 30.7 Å². The SMILES string of the molecule is COc1cccc(OC)c1C(=O)N1[C@@H](C(=O)NCc2ccccc2F)COC12CCCCC2. The second kappa shape index (κ2) is 9.79. The molecule has 1 aliphatic heterocycles. The Labute approximate surface area is 192 Å². The van der Waals surface area contributed by atoms with E-state index in [1.807, 2.05) is 0 Å². The molecule has 1 saturated heterocycles. The zero-order chi connectivity index (χ0) is 23.4. The molecule has 176 valence electrons. The van der Waals surface area contributed by atoms with Crippen molar-refractivity contribution in [2.75, 3.05) is 20.8 Å². The number of halogens is 1. The maximum atomic E-state index is 14.0. The first-order valence-electron chi connectivity index (χ1n) is 11.2. The Morgan fingerprint density at radius 2 is 1.73 bits per heavy atom. The van der Waals surface area contributed by atoms with E-state index in [4.69, 9.17) is 14.2 Å². The molecule has 1 N–H and O–H groups in total. The van der Waals surface area contributed by atoms with Gasteiger partial charge in [-0.05, 0) is 43.9 Å². The van der Waals surface area contributed by atoms with Crippen LogP contribution in [0, 0.1) is 5.82 Å². The van der Waals surface area contributed by atoms with Gasteiger partial charge in [0.15, 0.2) is 0 Å². The quantitative estimate of drug-likeness (QED) is 0.718. The predicted molar refractivity (Wildman–Crippen MR) is 120 cm³/mol. The number of hydrogen-bond donors (Lipinski definition) is 1. The molecule has 0 aromatic heterocycles.